The van der Waals surface area contributed by atoms with Gasteiger partial charge in [-0.15, -0.1) is 0 Å². The van der Waals surface area contributed by atoms with Gasteiger partial charge in [0.25, 0.3) is 0 Å². The largest absolute Gasteiger partial charge is 0.273 e. The van der Waals surface area contributed by atoms with E-state index in [2.05, 4.69) is 21.1 Å². The molecule has 0 unspecified atom stereocenters. The van der Waals surface area contributed by atoms with Crippen LogP contribution in [0.4, 0.5) is 8.78 Å². The normalized spacial score (nSPS) is 11.2. The van der Waals surface area contributed by atoms with Gasteiger partial charge in [-0.05, 0) is 48.2 Å². The first-order valence-corrected chi connectivity index (χ1v) is 10.2. The summed E-state index contributed by atoms with van der Waals surface area (Å²) in [6.45, 7) is 0. The minimum atomic E-state index is -0.322. The summed E-state index contributed by atoms with van der Waals surface area (Å²) in [6.07, 6.45) is 7.87. The molecule has 2 aromatic carbocycles. The number of rotatable bonds is 12. The maximum Gasteiger partial charge on any atom is 0.240 e. The lowest BCUT2D eigenvalue weighted by Gasteiger charge is -2.02. The summed E-state index contributed by atoms with van der Waals surface area (Å²) in [7, 11) is 0. The fraction of sp³-hybridized carbons (Fsp3) is 0.304. The van der Waals surface area contributed by atoms with Crippen molar-refractivity contribution in [1.82, 2.24) is 10.9 Å². The van der Waals surface area contributed by atoms with E-state index < -0.39 is 0 Å². The van der Waals surface area contributed by atoms with Crippen LogP contribution in [0.15, 0.2) is 58.7 Å². The van der Waals surface area contributed by atoms with Crippen molar-refractivity contribution < 1.29 is 18.4 Å². The fourth-order valence-electron chi connectivity index (χ4n) is 2.67. The lowest BCUT2D eigenvalue weighted by Crippen LogP contribution is -2.17. The zero-order valence-corrected chi connectivity index (χ0v) is 17.2. The molecule has 31 heavy (non-hydrogen) atoms. The molecule has 2 rings (SSSR count). The fourth-order valence-corrected chi connectivity index (χ4v) is 2.67. The molecule has 0 aliphatic rings. The Kier molecular flexibility index (Phi) is 10.6. The molecule has 8 heteroatoms. The third-order valence-corrected chi connectivity index (χ3v) is 4.35. The van der Waals surface area contributed by atoms with Crippen LogP contribution in [0.25, 0.3) is 0 Å². The number of benzene rings is 2. The Bertz CT molecular complexity index is 808. The monoisotopic (exact) mass is 428 g/mol. The molecule has 164 valence electrons. The number of nitrogens with zero attached hydrogens (tertiary/aromatic N) is 2. The highest BCUT2D eigenvalue weighted by molar-refractivity contribution is 5.83. The van der Waals surface area contributed by atoms with Gasteiger partial charge in [0.15, 0.2) is 0 Å². The lowest BCUT2D eigenvalue weighted by atomic mass is 10.1. The summed E-state index contributed by atoms with van der Waals surface area (Å²) in [4.78, 5) is 23.4. The Morgan fingerprint density at radius 3 is 1.39 bits per heavy atom. The average molecular weight is 428 g/mol. The van der Waals surface area contributed by atoms with Crippen molar-refractivity contribution in [2.45, 2.75) is 44.9 Å². The molecule has 6 nitrogen and oxygen atoms in total. The molecule has 0 fully saturated rings. The Balaban J connectivity index is 1.46. The van der Waals surface area contributed by atoms with Crippen LogP contribution in [-0.2, 0) is 9.59 Å². The zero-order valence-electron chi connectivity index (χ0n) is 17.2. The number of unbranched alkanes of at least 4 members (excludes halogenated alkanes) is 4. The van der Waals surface area contributed by atoms with Crippen LogP contribution in [0.1, 0.15) is 56.1 Å². The van der Waals surface area contributed by atoms with E-state index in [4.69, 9.17) is 0 Å². The summed E-state index contributed by atoms with van der Waals surface area (Å²) in [5.74, 6) is -0.983. The summed E-state index contributed by atoms with van der Waals surface area (Å²) >= 11 is 0. The molecular formula is C23H26F2N4O2. The van der Waals surface area contributed by atoms with Crippen LogP contribution in [0.3, 0.4) is 0 Å². The van der Waals surface area contributed by atoms with Gasteiger partial charge in [-0.1, -0.05) is 43.5 Å². The van der Waals surface area contributed by atoms with Crippen LogP contribution < -0.4 is 10.9 Å². The van der Waals surface area contributed by atoms with Gasteiger partial charge in [0.1, 0.15) is 11.6 Å². The summed E-state index contributed by atoms with van der Waals surface area (Å²) < 4.78 is 25.6. The van der Waals surface area contributed by atoms with Crippen molar-refractivity contribution >= 4 is 24.2 Å². The van der Waals surface area contributed by atoms with Crippen LogP contribution in [0.5, 0.6) is 0 Å². The van der Waals surface area contributed by atoms with Crippen LogP contribution in [-0.4, -0.2) is 24.2 Å². The number of hydrazone groups is 2. The highest BCUT2D eigenvalue weighted by atomic mass is 19.1. The molecule has 0 aliphatic heterocycles. The highest BCUT2D eigenvalue weighted by Gasteiger charge is 2.02. The molecule has 0 spiro atoms. The smallest absolute Gasteiger partial charge is 0.240 e. The van der Waals surface area contributed by atoms with Crippen LogP contribution in [0.2, 0.25) is 0 Å². The number of carbonyl (C=O) groups is 2. The van der Waals surface area contributed by atoms with Gasteiger partial charge in [0.2, 0.25) is 11.8 Å². The Morgan fingerprint density at radius 2 is 1.00 bits per heavy atom. The highest BCUT2D eigenvalue weighted by Crippen LogP contribution is 2.07. The molecule has 2 N–H and O–H groups in total. The first-order valence-electron chi connectivity index (χ1n) is 10.2. The van der Waals surface area contributed by atoms with Gasteiger partial charge in [0.05, 0.1) is 12.4 Å². The minimum Gasteiger partial charge on any atom is -0.273 e. The third-order valence-electron chi connectivity index (χ3n) is 4.35. The van der Waals surface area contributed by atoms with Crippen LogP contribution in [0, 0.1) is 11.6 Å². The predicted molar refractivity (Wildman–Crippen MR) is 117 cm³/mol. The molecule has 0 atom stereocenters. The number of amides is 2. The molecule has 0 saturated heterocycles. The molecular weight excluding hydrogens is 402 g/mol. The van der Waals surface area contributed by atoms with Gasteiger partial charge < -0.3 is 0 Å². The maximum atomic E-state index is 12.8. The number of carbonyl (C=O) groups excluding carboxylic acids is 2. The van der Waals surface area contributed by atoms with Crippen molar-refractivity contribution in [3.63, 3.8) is 0 Å². The second-order valence-corrected chi connectivity index (χ2v) is 6.96. The molecule has 0 bridgehead atoms. The summed E-state index contributed by atoms with van der Waals surface area (Å²) in [5, 5.41) is 7.69. The van der Waals surface area contributed by atoms with Gasteiger partial charge in [-0.3, -0.25) is 9.59 Å². The van der Waals surface area contributed by atoms with E-state index in [-0.39, 0.29) is 23.4 Å². The van der Waals surface area contributed by atoms with E-state index in [1.54, 1.807) is 24.3 Å². The number of nitrogens with one attached hydrogen (secondary N) is 2. The molecule has 0 heterocycles. The molecule has 0 saturated carbocycles. The number of hydrogen-bond donors (Lipinski definition) is 2. The second-order valence-electron chi connectivity index (χ2n) is 6.96. The van der Waals surface area contributed by atoms with Crippen molar-refractivity contribution in [2.75, 3.05) is 0 Å². The Labute approximate surface area is 180 Å². The third kappa shape index (κ3) is 10.8. The van der Waals surface area contributed by atoms with E-state index in [0.29, 0.717) is 24.0 Å². The zero-order chi connectivity index (χ0) is 22.3. The Morgan fingerprint density at radius 1 is 0.645 bits per heavy atom. The Hall–Kier alpha value is -3.42. The summed E-state index contributed by atoms with van der Waals surface area (Å²) in [5.41, 5.74) is 6.30. The van der Waals surface area contributed by atoms with E-state index in [9.17, 15) is 18.4 Å². The van der Waals surface area contributed by atoms with Crippen molar-refractivity contribution in [3.05, 3.63) is 71.3 Å². The first-order chi connectivity index (χ1) is 15.0. The molecule has 0 radical (unpaired) electrons. The van der Waals surface area contributed by atoms with Crippen LogP contribution >= 0.6 is 0 Å². The molecule has 0 aromatic heterocycles. The van der Waals surface area contributed by atoms with Gasteiger partial charge in [-0.2, -0.15) is 10.2 Å². The minimum absolute atomic E-state index is 0.170. The predicted octanol–water partition coefficient (Wildman–Crippen LogP) is 4.30. The summed E-state index contributed by atoms with van der Waals surface area (Å²) in [6, 6.07) is 11.6. The maximum absolute atomic E-state index is 12.8. The van der Waals surface area contributed by atoms with E-state index >= 15 is 0 Å². The van der Waals surface area contributed by atoms with E-state index in [1.807, 2.05) is 0 Å². The van der Waals surface area contributed by atoms with Crippen molar-refractivity contribution in [1.29, 1.82) is 0 Å². The second kappa shape index (κ2) is 13.7. The van der Waals surface area contributed by atoms with Crippen molar-refractivity contribution in [3.8, 4) is 0 Å². The van der Waals surface area contributed by atoms with Gasteiger partial charge in [0, 0.05) is 12.8 Å². The SMILES string of the molecule is O=C(CCCCCCCC(=O)NN=Cc1ccc(F)cc1)NN=Cc1ccc(F)cc1. The number of halogens is 2. The lowest BCUT2D eigenvalue weighted by molar-refractivity contribution is -0.121. The molecule has 0 aliphatic carbocycles. The topological polar surface area (TPSA) is 82.9 Å². The number of hydrogen-bond acceptors (Lipinski definition) is 4. The standard InChI is InChI=1S/C23H26F2N4O2/c24-20-12-8-18(9-13-20)16-26-28-22(30)6-4-2-1-3-5-7-23(31)29-27-17-19-10-14-21(25)15-11-19/h8-17H,1-7H2,(H,28,30)(H,29,31). The quantitative estimate of drug-likeness (QED) is 0.300. The van der Waals surface area contributed by atoms with Gasteiger partial charge >= 0.3 is 0 Å². The molecule has 2 amide bonds. The van der Waals surface area contributed by atoms with Gasteiger partial charge in [-0.25, -0.2) is 19.6 Å². The first kappa shape index (κ1) is 23.9. The average Bonchev–Trinajstić information content (AvgIpc) is 2.76. The van der Waals surface area contributed by atoms with E-state index in [0.717, 1.165) is 32.1 Å². The molecule has 2 aromatic rings. The van der Waals surface area contributed by atoms with E-state index in [1.165, 1.54) is 36.7 Å². The van der Waals surface area contributed by atoms with Crippen molar-refractivity contribution in [2.24, 2.45) is 10.2 Å².